The third-order valence-corrected chi connectivity index (χ3v) is 1.70. The summed E-state index contributed by atoms with van der Waals surface area (Å²) in [4.78, 5) is 0. The zero-order valence-electron chi connectivity index (χ0n) is 6.17. The molecular formula is C7H16O2. The van der Waals surface area contributed by atoms with Gasteiger partial charge < -0.3 is 10.2 Å². The van der Waals surface area contributed by atoms with Crippen molar-refractivity contribution in [3.8, 4) is 0 Å². The summed E-state index contributed by atoms with van der Waals surface area (Å²) in [6.07, 6.45) is 1.48. The lowest BCUT2D eigenvalue weighted by Crippen LogP contribution is -2.11. The van der Waals surface area contributed by atoms with Crippen LogP contribution in [-0.4, -0.2) is 16.5 Å². The van der Waals surface area contributed by atoms with Crippen molar-refractivity contribution in [2.45, 2.75) is 39.4 Å². The molecule has 56 valence electrons. The molecule has 0 amide bonds. The molecule has 0 fully saturated rings. The van der Waals surface area contributed by atoms with Gasteiger partial charge in [0.1, 0.15) is 0 Å². The van der Waals surface area contributed by atoms with Gasteiger partial charge in [-0.05, 0) is 5.92 Å². The zero-order chi connectivity index (χ0) is 7.28. The summed E-state index contributed by atoms with van der Waals surface area (Å²) in [5.74, 6) is 0.477. The van der Waals surface area contributed by atoms with Crippen molar-refractivity contribution in [2.24, 2.45) is 5.92 Å². The summed E-state index contributed by atoms with van der Waals surface area (Å²) >= 11 is 0. The summed E-state index contributed by atoms with van der Waals surface area (Å²) in [5, 5.41) is 17.1. The molecule has 0 rings (SSSR count). The van der Waals surface area contributed by atoms with E-state index in [1.807, 2.05) is 0 Å². The minimum Gasteiger partial charge on any atom is -0.368 e. The van der Waals surface area contributed by atoms with Gasteiger partial charge in [0.05, 0.1) is 0 Å². The Morgan fingerprint density at radius 2 is 1.56 bits per heavy atom. The Bertz CT molecular complexity index is 57.9. The van der Waals surface area contributed by atoms with Crippen molar-refractivity contribution < 1.29 is 10.2 Å². The maximum atomic E-state index is 8.54. The lowest BCUT2D eigenvalue weighted by Gasteiger charge is -2.12. The highest BCUT2D eigenvalue weighted by molar-refractivity contribution is 4.54. The van der Waals surface area contributed by atoms with Crippen LogP contribution >= 0.6 is 0 Å². The van der Waals surface area contributed by atoms with Crippen LogP contribution in [0.5, 0.6) is 0 Å². The van der Waals surface area contributed by atoms with Crippen LogP contribution in [0.25, 0.3) is 0 Å². The molecule has 0 saturated heterocycles. The van der Waals surface area contributed by atoms with E-state index in [0.29, 0.717) is 12.3 Å². The molecule has 2 heteroatoms. The molecule has 0 aliphatic heterocycles. The first kappa shape index (κ1) is 8.92. The van der Waals surface area contributed by atoms with E-state index >= 15 is 0 Å². The Labute approximate surface area is 56.5 Å². The maximum Gasteiger partial charge on any atom is 0.151 e. The van der Waals surface area contributed by atoms with E-state index in [4.69, 9.17) is 10.2 Å². The third kappa shape index (κ3) is 4.43. The Balaban J connectivity index is 3.31. The highest BCUT2D eigenvalue weighted by atomic mass is 16.5. The Hall–Kier alpha value is -0.0800. The van der Waals surface area contributed by atoms with Crippen LogP contribution in [-0.2, 0) is 0 Å². The summed E-state index contributed by atoms with van der Waals surface area (Å²) in [5.41, 5.74) is 0. The minimum absolute atomic E-state index is 0.477. The van der Waals surface area contributed by atoms with Gasteiger partial charge in [0.15, 0.2) is 6.29 Å². The maximum absolute atomic E-state index is 8.54. The van der Waals surface area contributed by atoms with Gasteiger partial charge in [-0.15, -0.1) is 0 Å². The number of hydrogen-bond acceptors (Lipinski definition) is 2. The van der Waals surface area contributed by atoms with E-state index in [2.05, 4.69) is 13.8 Å². The fraction of sp³-hybridized carbons (Fsp3) is 1.00. The molecule has 0 radical (unpaired) electrons. The molecule has 9 heavy (non-hydrogen) atoms. The van der Waals surface area contributed by atoms with Crippen LogP contribution in [0.15, 0.2) is 0 Å². The van der Waals surface area contributed by atoms with Gasteiger partial charge in [-0.2, -0.15) is 0 Å². The van der Waals surface area contributed by atoms with E-state index in [1.165, 1.54) is 0 Å². The lowest BCUT2D eigenvalue weighted by atomic mass is 9.99. The molecule has 0 aromatic carbocycles. The van der Waals surface area contributed by atoms with E-state index < -0.39 is 6.29 Å². The number of aliphatic hydroxyl groups excluding tert-OH is 1. The van der Waals surface area contributed by atoms with E-state index in [9.17, 15) is 0 Å². The number of rotatable bonds is 4. The first-order chi connectivity index (χ1) is 4.20. The van der Waals surface area contributed by atoms with E-state index in [1.54, 1.807) is 0 Å². The zero-order valence-corrected chi connectivity index (χ0v) is 6.17. The molecule has 0 bridgehead atoms. The SMILES string of the molecule is CCC(CC)CC(O)O. The van der Waals surface area contributed by atoms with Crippen molar-refractivity contribution >= 4 is 0 Å². The second-order valence-corrected chi connectivity index (χ2v) is 2.40. The molecular weight excluding hydrogens is 116 g/mol. The van der Waals surface area contributed by atoms with Crippen LogP contribution in [0, 0.1) is 5.92 Å². The smallest absolute Gasteiger partial charge is 0.151 e. The van der Waals surface area contributed by atoms with Crippen LogP contribution in [0.2, 0.25) is 0 Å². The molecule has 0 aromatic heterocycles. The first-order valence-electron chi connectivity index (χ1n) is 3.56. The molecule has 0 aliphatic rings. The van der Waals surface area contributed by atoms with Crippen LogP contribution < -0.4 is 0 Å². The third-order valence-electron chi connectivity index (χ3n) is 1.70. The van der Waals surface area contributed by atoms with E-state index in [0.717, 1.165) is 12.8 Å². The molecule has 0 atom stereocenters. The van der Waals surface area contributed by atoms with Gasteiger partial charge in [-0.3, -0.25) is 0 Å². The predicted octanol–water partition coefficient (Wildman–Crippen LogP) is 1.12. The van der Waals surface area contributed by atoms with Gasteiger partial charge in [0.2, 0.25) is 0 Å². The topological polar surface area (TPSA) is 40.5 Å². The fourth-order valence-electron chi connectivity index (χ4n) is 0.920. The molecule has 0 aliphatic carbocycles. The number of hydrogen-bond donors (Lipinski definition) is 2. The second-order valence-electron chi connectivity index (χ2n) is 2.40. The summed E-state index contributed by atoms with van der Waals surface area (Å²) in [7, 11) is 0. The molecule has 0 unspecified atom stereocenters. The fourth-order valence-corrected chi connectivity index (χ4v) is 0.920. The van der Waals surface area contributed by atoms with Gasteiger partial charge in [-0.25, -0.2) is 0 Å². The Morgan fingerprint density at radius 1 is 1.11 bits per heavy atom. The first-order valence-corrected chi connectivity index (χ1v) is 3.56. The van der Waals surface area contributed by atoms with E-state index in [-0.39, 0.29) is 0 Å². The Morgan fingerprint density at radius 3 is 1.67 bits per heavy atom. The summed E-state index contributed by atoms with van der Waals surface area (Å²) in [6, 6.07) is 0. The van der Waals surface area contributed by atoms with Crippen LogP contribution in [0.1, 0.15) is 33.1 Å². The van der Waals surface area contributed by atoms with Gasteiger partial charge >= 0.3 is 0 Å². The normalized spacial score (nSPS) is 11.3. The molecule has 0 heterocycles. The average Bonchev–Trinajstić information content (AvgIpc) is 1.82. The quantitative estimate of drug-likeness (QED) is 0.563. The largest absolute Gasteiger partial charge is 0.368 e. The molecule has 0 saturated carbocycles. The average molecular weight is 132 g/mol. The van der Waals surface area contributed by atoms with Gasteiger partial charge in [-0.1, -0.05) is 26.7 Å². The van der Waals surface area contributed by atoms with Crippen molar-refractivity contribution in [1.29, 1.82) is 0 Å². The van der Waals surface area contributed by atoms with Crippen LogP contribution in [0.3, 0.4) is 0 Å². The van der Waals surface area contributed by atoms with Crippen molar-refractivity contribution in [3.63, 3.8) is 0 Å². The van der Waals surface area contributed by atoms with Crippen LogP contribution in [0.4, 0.5) is 0 Å². The number of aliphatic hydroxyl groups is 2. The highest BCUT2D eigenvalue weighted by Gasteiger charge is 2.06. The molecule has 0 aromatic rings. The van der Waals surface area contributed by atoms with Gasteiger partial charge in [0.25, 0.3) is 0 Å². The molecule has 0 spiro atoms. The predicted molar refractivity (Wildman–Crippen MR) is 36.9 cm³/mol. The standard InChI is InChI=1S/C7H16O2/c1-3-6(4-2)5-7(8)9/h6-9H,3-5H2,1-2H3. The van der Waals surface area contributed by atoms with Crippen molar-refractivity contribution in [1.82, 2.24) is 0 Å². The highest BCUT2D eigenvalue weighted by Crippen LogP contribution is 2.13. The second kappa shape index (κ2) is 4.77. The van der Waals surface area contributed by atoms with Crippen molar-refractivity contribution in [2.75, 3.05) is 0 Å². The molecule has 2 nitrogen and oxygen atoms in total. The summed E-state index contributed by atoms with van der Waals surface area (Å²) in [6.45, 7) is 4.13. The van der Waals surface area contributed by atoms with Gasteiger partial charge in [0, 0.05) is 6.42 Å². The lowest BCUT2D eigenvalue weighted by molar-refractivity contribution is -0.0565. The van der Waals surface area contributed by atoms with Crippen molar-refractivity contribution in [3.05, 3.63) is 0 Å². The molecule has 2 N–H and O–H groups in total. The summed E-state index contributed by atoms with van der Waals surface area (Å²) < 4.78 is 0. The monoisotopic (exact) mass is 132 g/mol. The Kier molecular flexibility index (Phi) is 4.72. The minimum atomic E-state index is -1.12.